The molecule has 0 heterocycles. The van der Waals surface area contributed by atoms with Gasteiger partial charge in [-0.3, -0.25) is 4.79 Å². The maximum absolute atomic E-state index is 12.2. The maximum Gasteiger partial charge on any atom is 0.251 e. The van der Waals surface area contributed by atoms with Crippen LogP contribution >= 0.6 is 0 Å². The highest BCUT2D eigenvalue weighted by Gasteiger charge is 2.16. The standard InChI is InChI=1S/C17H26N2O/c1-3-10-18-15-8-9-16(13(2)11-15)17(20)19-12-14-6-4-5-7-14/h8-9,11,14,18H,3-7,10,12H2,1-2H3,(H,19,20). The van der Waals surface area contributed by atoms with Gasteiger partial charge in [0.25, 0.3) is 5.91 Å². The topological polar surface area (TPSA) is 41.1 Å². The van der Waals surface area contributed by atoms with Crippen LogP contribution in [0.5, 0.6) is 0 Å². The average Bonchev–Trinajstić information content (AvgIpc) is 2.96. The molecule has 1 aliphatic carbocycles. The van der Waals surface area contributed by atoms with Crippen LogP contribution < -0.4 is 10.6 Å². The Labute approximate surface area is 122 Å². The molecule has 2 N–H and O–H groups in total. The van der Waals surface area contributed by atoms with Crippen LogP contribution in [-0.2, 0) is 0 Å². The second kappa shape index (κ2) is 7.32. The number of hydrogen-bond acceptors (Lipinski definition) is 2. The fourth-order valence-electron chi connectivity index (χ4n) is 2.84. The zero-order valence-electron chi connectivity index (χ0n) is 12.7. The van der Waals surface area contributed by atoms with Crippen LogP contribution in [0.2, 0.25) is 0 Å². The number of benzene rings is 1. The van der Waals surface area contributed by atoms with Gasteiger partial charge < -0.3 is 10.6 Å². The van der Waals surface area contributed by atoms with Gasteiger partial charge in [0.15, 0.2) is 0 Å². The van der Waals surface area contributed by atoms with Crippen molar-refractivity contribution in [2.75, 3.05) is 18.4 Å². The van der Waals surface area contributed by atoms with Crippen LogP contribution in [0, 0.1) is 12.8 Å². The van der Waals surface area contributed by atoms with Crippen LogP contribution in [0.1, 0.15) is 54.9 Å². The largest absolute Gasteiger partial charge is 0.385 e. The molecular weight excluding hydrogens is 248 g/mol. The van der Waals surface area contributed by atoms with E-state index in [9.17, 15) is 4.79 Å². The van der Waals surface area contributed by atoms with Crippen LogP contribution in [0.3, 0.4) is 0 Å². The lowest BCUT2D eigenvalue weighted by molar-refractivity contribution is 0.0947. The Morgan fingerprint density at radius 3 is 2.70 bits per heavy atom. The summed E-state index contributed by atoms with van der Waals surface area (Å²) in [6, 6.07) is 5.98. The summed E-state index contributed by atoms with van der Waals surface area (Å²) in [6.45, 7) is 5.94. The van der Waals surface area contributed by atoms with E-state index in [4.69, 9.17) is 0 Å². The molecule has 2 rings (SSSR count). The van der Waals surface area contributed by atoms with Crippen molar-refractivity contribution in [3.05, 3.63) is 29.3 Å². The molecular formula is C17H26N2O. The predicted octanol–water partition coefficient (Wildman–Crippen LogP) is 3.74. The first-order chi connectivity index (χ1) is 9.70. The van der Waals surface area contributed by atoms with E-state index >= 15 is 0 Å². The number of rotatable bonds is 6. The highest BCUT2D eigenvalue weighted by atomic mass is 16.1. The Hall–Kier alpha value is -1.51. The zero-order valence-corrected chi connectivity index (χ0v) is 12.7. The summed E-state index contributed by atoms with van der Waals surface area (Å²) >= 11 is 0. The molecule has 0 spiro atoms. The quantitative estimate of drug-likeness (QED) is 0.829. The molecule has 1 fully saturated rings. The first kappa shape index (κ1) is 14.9. The summed E-state index contributed by atoms with van der Waals surface area (Å²) in [5.41, 5.74) is 2.93. The fourth-order valence-corrected chi connectivity index (χ4v) is 2.84. The number of carbonyl (C=O) groups is 1. The van der Waals surface area contributed by atoms with Crippen molar-refractivity contribution in [1.82, 2.24) is 5.32 Å². The first-order valence-electron chi connectivity index (χ1n) is 7.83. The van der Waals surface area contributed by atoms with Gasteiger partial charge in [0.05, 0.1) is 0 Å². The van der Waals surface area contributed by atoms with Gasteiger partial charge in [-0.25, -0.2) is 0 Å². The minimum absolute atomic E-state index is 0.0661. The number of hydrogen-bond donors (Lipinski definition) is 2. The number of amides is 1. The summed E-state index contributed by atoms with van der Waals surface area (Å²) in [7, 11) is 0. The highest BCUT2D eigenvalue weighted by Crippen LogP contribution is 2.24. The van der Waals surface area contributed by atoms with Crippen molar-refractivity contribution in [1.29, 1.82) is 0 Å². The highest BCUT2D eigenvalue weighted by molar-refractivity contribution is 5.96. The van der Waals surface area contributed by atoms with E-state index < -0.39 is 0 Å². The van der Waals surface area contributed by atoms with Crippen LogP contribution in [0.4, 0.5) is 5.69 Å². The predicted molar refractivity (Wildman–Crippen MR) is 84.3 cm³/mol. The van der Waals surface area contributed by atoms with Crippen LogP contribution in [0.15, 0.2) is 18.2 Å². The second-order valence-corrected chi connectivity index (χ2v) is 5.82. The maximum atomic E-state index is 12.2. The Bertz CT molecular complexity index is 450. The van der Waals surface area contributed by atoms with E-state index in [-0.39, 0.29) is 5.91 Å². The van der Waals surface area contributed by atoms with E-state index in [1.807, 2.05) is 19.1 Å². The van der Waals surface area contributed by atoms with Crippen molar-refractivity contribution in [3.63, 3.8) is 0 Å². The summed E-state index contributed by atoms with van der Waals surface area (Å²) in [4.78, 5) is 12.2. The fraction of sp³-hybridized carbons (Fsp3) is 0.588. The molecule has 0 atom stereocenters. The summed E-state index contributed by atoms with van der Waals surface area (Å²) in [5.74, 6) is 0.751. The normalized spacial score (nSPS) is 15.3. The van der Waals surface area contributed by atoms with Gasteiger partial charge in [-0.2, -0.15) is 0 Å². The first-order valence-corrected chi connectivity index (χ1v) is 7.83. The number of carbonyl (C=O) groups excluding carboxylic acids is 1. The Kier molecular flexibility index (Phi) is 5.45. The van der Waals surface area contributed by atoms with Gasteiger partial charge in [-0.1, -0.05) is 19.8 Å². The lowest BCUT2D eigenvalue weighted by Gasteiger charge is -2.13. The molecule has 0 bridgehead atoms. The van der Waals surface area contributed by atoms with Crippen LogP contribution in [0.25, 0.3) is 0 Å². The van der Waals surface area contributed by atoms with E-state index in [1.165, 1.54) is 25.7 Å². The third-order valence-corrected chi connectivity index (χ3v) is 4.08. The molecule has 0 aliphatic heterocycles. The van der Waals surface area contributed by atoms with Crippen molar-refractivity contribution < 1.29 is 4.79 Å². The SMILES string of the molecule is CCCNc1ccc(C(=O)NCC2CCCC2)c(C)c1. The minimum atomic E-state index is 0.0661. The van der Waals surface area contributed by atoms with Crippen molar-refractivity contribution in [2.45, 2.75) is 46.0 Å². The lowest BCUT2D eigenvalue weighted by atomic mass is 10.1. The number of aryl methyl sites for hydroxylation is 1. The van der Waals surface area contributed by atoms with Gasteiger partial charge >= 0.3 is 0 Å². The van der Waals surface area contributed by atoms with Gasteiger partial charge in [0.2, 0.25) is 0 Å². The van der Waals surface area contributed by atoms with E-state index in [0.717, 1.165) is 36.3 Å². The van der Waals surface area contributed by atoms with Crippen molar-refractivity contribution in [3.8, 4) is 0 Å². The molecule has 1 saturated carbocycles. The molecule has 3 heteroatoms. The molecule has 1 aromatic carbocycles. The third kappa shape index (κ3) is 3.99. The van der Waals surface area contributed by atoms with Crippen molar-refractivity contribution >= 4 is 11.6 Å². The molecule has 110 valence electrons. The third-order valence-electron chi connectivity index (χ3n) is 4.08. The van der Waals surface area contributed by atoms with Gasteiger partial charge in [0.1, 0.15) is 0 Å². The van der Waals surface area contributed by atoms with Crippen LogP contribution in [-0.4, -0.2) is 19.0 Å². The molecule has 1 aromatic rings. The van der Waals surface area contributed by atoms with E-state index in [2.05, 4.69) is 23.6 Å². The molecule has 1 aliphatic rings. The lowest BCUT2D eigenvalue weighted by Crippen LogP contribution is -2.28. The Balaban J connectivity index is 1.91. The molecule has 0 unspecified atom stereocenters. The number of anilines is 1. The van der Waals surface area contributed by atoms with Gasteiger partial charge in [-0.15, -0.1) is 0 Å². The Morgan fingerprint density at radius 2 is 2.05 bits per heavy atom. The number of nitrogens with one attached hydrogen (secondary N) is 2. The summed E-state index contributed by atoms with van der Waals surface area (Å²) in [6.07, 6.45) is 6.26. The molecule has 1 amide bonds. The van der Waals surface area contributed by atoms with E-state index in [1.54, 1.807) is 0 Å². The smallest absolute Gasteiger partial charge is 0.251 e. The average molecular weight is 274 g/mol. The van der Waals surface area contributed by atoms with Gasteiger partial charge in [0, 0.05) is 24.3 Å². The second-order valence-electron chi connectivity index (χ2n) is 5.82. The van der Waals surface area contributed by atoms with Gasteiger partial charge in [-0.05, 0) is 55.9 Å². The molecule has 3 nitrogen and oxygen atoms in total. The molecule has 0 radical (unpaired) electrons. The molecule has 0 aromatic heterocycles. The zero-order chi connectivity index (χ0) is 14.4. The molecule has 20 heavy (non-hydrogen) atoms. The van der Waals surface area contributed by atoms with E-state index in [0.29, 0.717) is 5.92 Å². The summed E-state index contributed by atoms with van der Waals surface area (Å²) < 4.78 is 0. The molecule has 0 saturated heterocycles. The minimum Gasteiger partial charge on any atom is -0.385 e. The monoisotopic (exact) mass is 274 g/mol. The van der Waals surface area contributed by atoms with Crippen molar-refractivity contribution in [2.24, 2.45) is 5.92 Å². The Morgan fingerprint density at radius 1 is 1.30 bits per heavy atom. The summed E-state index contributed by atoms with van der Waals surface area (Å²) in [5, 5.41) is 6.43.